The maximum atomic E-state index is 13.0. The number of carbonyl (C=O) groups excluding carboxylic acids is 1. The molecular formula is C29H26N2O3. The molecule has 0 aliphatic rings. The van der Waals surface area contributed by atoms with E-state index in [1.54, 1.807) is 6.07 Å². The summed E-state index contributed by atoms with van der Waals surface area (Å²) in [6.07, 6.45) is 1.69. The number of hydrogen-bond donors (Lipinski definition) is 0. The molecular weight excluding hydrogens is 424 g/mol. The van der Waals surface area contributed by atoms with Crippen LogP contribution in [0.25, 0.3) is 33.3 Å². The fourth-order valence-electron chi connectivity index (χ4n) is 3.92. The van der Waals surface area contributed by atoms with Gasteiger partial charge >= 0.3 is 5.97 Å². The molecule has 0 spiro atoms. The first-order valence-corrected chi connectivity index (χ1v) is 11.5. The Morgan fingerprint density at radius 2 is 1.65 bits per heavy atom. The molecule has 34 heavy (non-hydrogen) atoms. The molecule has 0 bridgehead atoms. The maximum absolute atomic E-state index is 13.0. The molecule has 170 valence electrons. The summed E-state index contributed by atoms with van der Waals surface area (Å²) in [6.45, 7) is 4.89. The summed E-state index contributed by atoms with van der Waals surface area (Å²) in [5.74, 6) is 0.323. The van der Waals surface area contributed by atoms with E-state index in [4.69, 9.17) is 14.5 Å². The molecule has 5 heteroatoms. The zero-order valence-corrected chi connectivity index (χ0v) is 19.4. The lowest BCUT2D eigenvalue weighted by Gasteiger charge is -2.14. The number of pyridine rings is 1. The lowest BCUT2D eigenvalue weighted by molar-refractivity contribution is 0.0501. The minimum Gasteiger partial charge on any atom is -0.493 e. The number of para-hydroxylation sites is 2. The number of fused-ring (bicyclic) bond motifs is 1. The fourth-order valence-corrected chi connectivity index (χ4v) is 3.92. The average Bonchev–Trinajstić information content (AvgIpc) is 2.88. The number of hydrogen-bond acceptors (Lipinski definition) is 5. The summed E-state index contributed by atoms with van der Waals surface area (Å²) < 4.78 is 11.3. The van der Waals surface area contributed by atoms with Gasteiger partial charge in [-0.15, -0.1) is 0 Å². The van der Waals surface area contributed by atoms with Gasteiger partial charge in [0.15, 0.2) is 0 Å². The van der Waals surface area contributed by atoms with Crippen molar-refractivity contribution in [3.05, 3.63) is 83.9 Å². The van der Waals surface area contributed by atoms with E-state index in [1.165, 1.54) is 0 Å². The third-order valence-electron chi connectivity index (χ3n) is 5.60. The predicted molar refractivity (Wildman–Crippen MR) is 134 cm³/mol. The summed E-state index contributed by atoms with van der Waals surface area (Å²) in [4.78, 5) is 17.8. The Hall–Kier alpha value is -4.17. The molecule has 0 aliphatic carbocycles. The van der Waals surface area contributed by atoms with Crippen LogP contribution in [0.15, 0.2) is 72.8 Å². The molecule has 4 aromatic rings. The molecule has 5 nitrogen and oxygen atoms in total. The van der Waals surface area contributed by atoms with E-state index >= 15 is 0 Å². The minimum absolute atomic E-state index is 0.225. The highest BCUT2D eigenvalue weighted by Gasteiger charge is 2.23. The molecule has 0 fully saturated rings. The molecule has 0 saturated carbocycles. The molecule has 0 N–H and O–H groups in total. The second-order valence-corrected chi connectivity index (χ2v) is 7.84. The Kier molecular flexibility index (Phi) is 7.19. The molecule has 0 aliphatic heterocycles. The van der Waals surface area contributed by atoms with E-state index in [2.05, 4.69) is 6.07 Å². The van der Waals surface area contributed by atoms with Crippen molar-refractivity contribution in [2.75, 3.05) is 13.2 Å². The van der Waals surface area contributed by atoms with Gasteiger partial charge in [-0.05, 0) is 31.0 Å². The predicted octanol–water partition coefficient (Wildman–Crippen LogP) is 6.80. The summed E-state index contributed by atoms with van der Waals surface area (Å²) in [5.41, 5.74) is 4.34. The maximum Gasteiger partial charge on any atom is 0.340 e. The van der Waals surface area contributed by atoms with Gasteiger partial charge in [-0.3, -0.25) is 0 Å². The molecule has 0 saturated heterocycles. The molecule has 4 rings (SSSR count). The van der Waals surface area contributed by atoms with E-state index in [1.807, 2.05) is 80.6 Å². The van der Waals surface area contributed by atoms with Gasteiger partial charge in [0.1, 0.15) is 11.8 Å². The van der Waals surface area contributed by atoms with Gasteiger partial charge in [0.2, 0.25) is 0 Å². The number of benzene rings is 3. The van der Waals surface area contributed by atoms with Gasteiger partial charge in [0.05, 0.1) is 35.6 Å². The highest BCUT2D eigenvalue weighted by Crippen LogP contribution is 2.34. The van der Waals surface area contributed by atoms with Crippen molar-refractivity contribution in [2.24, 2.45) is 0 Å². The lowest BCUT2D eigenvalue weighted by atomic mass is 9.96. The molecule has 1 heterocycles. The van der Waals surface area contributed by atoms with Crippen molar-refractivity contribution < 1.29 is 14.3 Å². The van der Waals surface area contributed by atoms with Crippen LogP contribution in [0, 0.1) is 11.3 Å². The van der Waals surface area contributed by atoms with Crippen molar-refractivity contribution >= 4 is 16.9 Å². The van der Waals surface area contributed by atoms with Crippen LogP contribution in [0.3, 0.4) is 0 Å². The van der Waals surface area contributed by atoms with Crippen LogP contribution in [0.1, 0.15) is 42.6 Å². The number of aromatic nitrogens is 1. The van der Waals surface area contributed by atoms with Crippen LogP contribution in [0.4, 0.5) is 0 Å². The Morgan fingerprint density at radius 1 is 0.941 bits per heavy atom. The summed E-state index contributed by atoms with van der Waals surface area (Å²) in [5, 5.41) is 10.7. The lowest BCUT2D eigenvalue weighted by Crippen LogP contribution is -2.11. The van der Waals surface area contributed by atoms with Crippen molar-refractivity contribution in [1.29, 1.82) is 5.26 Å². The number of nitrogens with zero attached hydrogens (tertiary/aromatic N) is 2. The van der Waals surface area contributed by atoms with Crippen molar-refractivity contribution in [3.8, 4) is 34.2 Å². The highest BCUT2D eigenvalue weighted by atomic mass is 16.5. The molecule has 0 amide bonds. The van der Waals surface area contributed by atoms with Crippen LogP contribution < -0.4 is 4.74 Å². The first kappa shape index (κ1) is 23.0. The summed E-state index contributed by atoms with van der Waals surface area (Å²) in [7, 11) is 0. The third kappa shape index (κ3) is 4.62. The van der Waals surface area contributed by atoms with Gasteiger partial charge in [-0.2, -0.15) is 5.26 Å². The normalized spacial score (nSPS) is 10.6. The van der Waals surface area contributed by atoms with Gasteiger partial charge < -0.3 is 9.47 Å². The van der Waals surface area contributed by atoms with Crippen molar-refractivity contribution in [3.63, 3.8) is 0 Å². The Labute approximate surface area is 199 Å². The van der Waals surface area contributed by atoms with Gasteiger partial charge in [0, 0.05) is 16.5 Å². The standard InChI is InChI=1S/C29H26N2O3/c1-3-5-18-34-29(32)27-23-11-6-8-12-25(23)31-28(24(27)19-30)21-16-14-20(15-17-21)22-10-7-9-13-26(22)33-4-2/h6-17H,3-5,18H2,1-2H3. The summed E-state index contributed by atoms with van der Waals surface area (Å²) in [6, 6.07) is 25.2. The van der Waals surface area contributed by atoms with E-state index in [0.717, 1.165) is 35.3 Å². The van der Waals surface area contributed by atoms with Crippen LogP contribution >= 0.6 is 0 Å². The zero-order valence-electron chi connectivity index (χ0n) is 19.4. The van der Waals surface area contributed by atoms with Crippen LogP contribution in [0.2, 0.25) is 0 Å². The Balaban J connectivity index is 1.81. The monoisotopic (exact) mass is 450 g/mol. The molecule has 1 aromatic heterocycles. The minimum atomic E-state index is -0.493. The second kappa shape index (κ2) is 10.6. The quantitative estimate of drug-likeness (QED) is 0.218. The molecule has 3 aromatic carbocycles. The Bertz CT molecular complexity index is 1350. The number of unbranched alkanes of at least 4 members (excludes halogenated alkanes) is 1. The van der Waals surface area contributed by atoms with Gasteiger partial charge in [0.25, 0.3) is 0 Å². The first-order chi connectivity index (χ1) is 16.7. The van der Waals surface area contributed by atoms with E-state index in [0.29, 0.717) is 29.8 Å². The number of ether oxygens (including phenoxy) is 2. The number of nitriles is 1. The SMILES string of the molecule is CCCCOC(=O)c1c(C#N)c(-c2ccc(-c3ccccc3OCC)cc2)nc2ccccc12. The average molecular weight is 451 g/mol. The topological polar surface area (TPSA) is 72.2 Å². The Morgan fingerprint density at radius 3 is 2.38 bits per heavy atom. The number of carbonyl (C=O) groups is 1. The largest absolute Gasteiger partial charge is 0.493 e. The summed E-state index contributed by atoms with van der Waals surface area (Å²) >= 11 is 0. The van der Waals surface area contributed by atoms with Gasteiger partial charge in [-0.1, -0.05) is 74.0 Å². The number of rotatable bonds is 8. The smallest absolute Gasteiger partial charge is 0.340 e. The highest BCUT2D eigenvalue weighted by molar-refractivity contribution is 6.07. The molecule has 0 atom stereocenters. The third-order valence-corrected chi connectivity index (χ3v) is 5.60. The first-order valence-electron chi connectivity index (χ1n) is 11.5. The zero-order chi connectivity index (χ0) is 23.9. The number of esters is 1. The molecule has 0 radical (unpaired) electrons. The van der Waals surface area contributed by atoms with Crippen LogP contribution in [-0.4, -0.2) is 24.2 Å². The van der Waals surface area contributed by atoms with Crippen LogP contribution in [0.5, 0.6) is 5.75 Å². The van der Waals surface area contributed by atoms with Gasteiger partial charge in [-0.25, -0.2) is 9.78 Å². The van der Waals surface area contributed by atoms with Crippen LogP contribution in [-0.2, 0) is 4.74 Å². The fraction of sp³-hybridized carbons (Fsp3) is 0.207. The van der Waals surface area contributed by atoms with Crippen molar-refractivity contribution in [2.45, 2.75) is 26.7 Å². The van der Waals surface area contributed by atoms with E-state index in [-0.39, 0.29) is 11.1 Å². The van der Waals surface area contributed by atoms with E-state index in [9.17, 15) is 10.1 Å². The second-order valence-electron chi connectivity index (χ2n) is 7.84. The molecule has 0 unspecified atom stereocenters. The van der Waals surface area contributed by atoms with Crippen molar-refractivity contribution in [1.82, 2.24) is 4.98 Å². The van der Waals surface area contributed by atoms with E-state index < -0.39 is 5.97 Å².